The Hall–Kier alpha value is -1.55. The molecule has 2 N–H and O–H groups in total. The van der Waals surface area contributed by atoms with E-state index >= 15 is 0 Å². The molecule has 3 nitrogen and oxygen atoms in total. The molecule has 0 bridgehead atoms. The van der Waals surface area contributed by atoms with Crippen LogP contribution in [0.25, 0.3) is 0 Å². The summed E-state index contributed by atoms with van der Waals surface area (Å²) in [5.74, 6) is -0.247. The van der Waals surface area contributed by atoms with Crippen LogP contribution in [0.2, 0.25) is 5.02 Å². The lowest BCUT2D eigenvalue weighted by Crippen LogP contribution is -2.39. The highest BCUT2D eigenvalue weighted by Crippen LogP contribution is 2.23. The number of carbonyl (C=O) groups excluding carboxylic acids is 1. The fourth-order valence-corrected chi connectivity index (χ4v) is 2.78. The summed E-state index contributed by atoms with van der Waals surface area (Å²) in [7, 11) is 0. The summed E-state index contributed by atoms with van der Waals surface area (Å²) < 4.78 is 0. The monoisotopic (exact) mass is 366 g/mol. The number of benzene rings is 2. The number of rotatable bonds is 6. The van der Waals surface area contributed by atoms with Gasteiger partial charge in [0.05, 0.1) is 5.92 Å². The van der Waals surface area contributed by atoms with Crippen LogP contribution in [0.4, 0.5) is 0 Å². The zero-order chi connectivity index (χ0) is 16.8. The summed E-state index contributed by atoms with van der Waals surface area (Å²) in [6.45, 7) is 4.97. The van der Waals surface area contributed by atoms with Crippen molar-refractivity contribution in [1.29, 1.82) is 0 Å². The van der Waals surface area contributed by atoms with Gasteiger partial charge in [-0.05, 0) is 24.1 Å². The van der Waals surface area contributed by atoms with Crippen LogP contribution in [0.15, 0.2) is 54.6 Å². The molecule has 0 aliphatic rings. The third kappa shape index (κ3) is 4.97. The number of nitrogens with zero attached hydrogens (tertiary/aromatic N) is 1. The highest BCUT2D eigenvalue weighted by molar-refractivity contribution is 6.31. The summed E-state index contributed by atoms with van der Waals surface area (Å²) in [4.78, 5) is 14.6. The van der Waals surface area contributed by atoms with Crippen LogP contribution >= 0.6 is 24.0 Å². The van der Waals surface area contributed by atoms with Crippen LogP contribution in [-0.2, 0) is 11.3 Å². The number of amides is 1. The van der Waals surface area contributed by atoms with E-state index in [2.05, 4.69) is 0 Å². The minimum Gasteiger partial charge on any atom is -0.338 e. The Labute approximate surface area is 155 Å². The zero-order valence-electron chi connectivity index (χ0n) is 14.0. The van der Waals surface area contributed by atoms with Crippen molar-refractivity contribution in [2.45, 2.75) is 26.4 Å². The topological polar surface area (TPSA) is 46.3 Å². The van der Waals surface area contributed by atoms with Crippen LogP contribution < -0.4 is 5.73 Å². The van der Waals surface area contributed by atoms with E-state index in [1.54, 1.807) is 4.90 Å². The molecule has 2 rings (SSSR count). The van der Waals surface area contributed by atoms with E-state index in [1.807, 2.05) is 68.4 Å². The maximum absolute atomic E-state index is 12.8. The van der Waals surface area contributed by atoms with E-state index in [1.165, 1.54) is 0 Å². The molecule has 5 heteroatoms. The van der Waals surface area contributed by atoms with Gasteiger partial charge in [-0.2, -0.15) is 0 Å². The average molecular weight is 367 g/mol. The van der Waals surface area contributed by atoms with E-state index in [9.17, 15) is 4.79 Å². The van der Waals surface area contributed by atoms with Crippen molar-refractivity contribution < 1.29 is 4.79 Å². The Balaban J connectivity index is 0.00000288. The zero-order valence-corrected chi connectivity index (χ0v) is 15.6. The summed E-state index contributed by atoms with van der Waals surface area (Å²) in [6.07, 6.45) is 0. The molecule has 0 aliphatic carbocycles. The molecule has 1 amide bonds. The van der Waals surface area contributed by atoms with Crippen molar-refractivity contribution in [2.24, 2.45) is 11.7 Å². The number of carbonyl (C=O) groups is 1. The van der Waals surface area contributed by atoms with Gasteiger partial charge in [0.25, 0.3) is 0 Å². The minimum absolute atomic E-state index is 0. The molecule has 2 atom stereocenters. The molecule has 2 aromatic rings. The standard InChI is InChI=1S/C19H23ClN2O.ClH/c1-3-22(13-16-11-7-8-12-17(16)20)19(23)14(2)18(21)15-9-5-4-6-10-15;/h4-12,14,18H,3,13,21H2,1-2H3;1H. The van der Waals surface area contributed by atoms with Crippen LogP contribution in [0.1, 0.15) is 31.0 Å². The number of hydrogen-bond donors (Lipinski definition) is 1. The number of hydrogen-bond acceptors (Lipinski definition) is 2. The van der Waals surface area contributed by atoms with Crippen molar-refractivity contribution in [2.75, 3.05) is 6.54 Å². The Morgan fingerprint density at radius 2 is 1.71 bits per heavy atom. The smallest absolute Gasteiger partial charge is 0.227 e. The van der Waals surface area contributed by atoms with Gasteiger partial charge in [-0.15, -0.1) is 12.4 Å². The molecule has 0 fully saturated rings. The van der Waals surface area contributed by atoms with Crippen molar-refractivity contribution in [1.82, 2.24) is 4.90 Å². The summed E-state index contributed by atoms with van der Waals surface area (Å²) in [5.41, 5.74) is 8.20. The van der Waals surface area contributed by atoms with Gasteiger partial charge >= 0.3 is 0 Å². The third-order valence-corrected chi connectivity index (χ3v) is 4.49. The molecule has 130 valence electrons. The molecule has 0 aliphatic heterocycles. The van der Waals surface area contributed by atoms with E-state index in [0.717, 1.165) is 11.1 Å². The van der Waals surface area contributed by atoms with E-state index in [4.69, 9.17) is 17.3 Å². The van der Waals surface area contributed by atoms with Gasteiger partial charge in [0.2, 0.25) is 5.91 Å². The first-order valence-electron chi connectivity index (χ1n) is 7.87. The molecule has 0 radical (unpaired) electrons. The first kappa shape index (κ1) is 20.5. The lowest BCUT2D eigenvalue weighted by atomic mass is 9.94. The lowest BCUT2D eigenvalue weighted by molar-refractivity contribution is -0.136. The highest BCUT2D eigenvalue weighted by Gasteiger charge is 2.26. The molecule has 0 saturated carbocycles. The lowest BCUT2D eigenvalue weighted by Gasteiger charge is -2.28. The summed E-state index contributed by atoms with van der Waals surface area (Å²) in [6, 6.07) is 17.0. The quantitative estimate of drug-likeness (QED) is 0.820. The van der Waals surface area contributed by atoms with Crippen molar-refractivity contribution in [3.63, 3.8) is 0 Å². The summed E-state index contributed by atoms with van der Waals surface area (Å²) in [5, 5.41) is 0.679. The van der Waals surface area contributed by atoms with Crippen LogP contribution in [-0.4, -0.2) is 17.4 Å². The molecule has 24 heavy (non-hydrogen) atoms. The molecule has 2 aromatic carbocycles. The maximum atomic E-state index is 12.8. The van der Waals surface area contributed by atoms with Gasteiger partial charge < -0.3 is 10.6 Å². The Morgan fingerprint density at radius 1 is 1.12 bits per heavy atom. The van der Waals surface area contributed by atoms with E-state index < -0.39 is 0 Å². The predicted molar refractivity (Wildman–Crippen MR) is 102 cm³/mol. The Kier molecular flexibility index (Phi) is 8.26. The van der Waals surface area contributed by atoms with Gasteiger partial charge in [-0.1, -0.05) is 67.1 Å². The van der Waals surface area contributed by atoms with Gasteiger partial charge in [-0.3, -0.25) is 4.79 Å². The van der Waals surface area contributed by atoms with E-state index in [0.29, 0.717) is 18.1 Å². The Morgan fingerprint density at radius 3 is 2.29 bits per heavy atom. The van der Waals surface area contributed by atoms with Crippen molar-refractivity contribution >= 4 is 29.9 Å². The molecular weight excluding hydrogens is 343 g/mol. The first-order chi connectivity index (χ1) is 11.0. The number of nitrogens with two attached hydrogens (primary N) is 1. The van der Waals surface area contributed by atoms with Gasteiger partial charge in [0.1, 0.15) is 0 Å². The van der Waals surface area contributed by atoms with Crippen molar-refractivity contribution in [3.8, 4) is 0 Å². The maximum Gasteiger partial charge on any atom is 0.227 e. The largest absolute Gasteiger partial charge is 0.338 e. The number of halogens is 2. The SMILES string of the molecule is CCN(Cc1ccccc1Cl)C(=O)C(C)C(N)c1ccccc1.Cl. The van der Waals surface area contributed by atoms with Gasteiger partial charge in [-0.25, -0.2) is 0 Å². The second-order valence-electron chi connectivity index (χ2n) is 5.67. The minimum atomic E-state index is -0.316. The third-order valence-electron chi connectivity index (χ3n) is 4.13. The Bertz CT molecular complexity index is 649. The molecule has 0 aromatic heterocycles. The highest BCUT2D eigenvalue weighted by atomic mass is 35.5. The predicted octanol–water partition coefficient (Wildman–Crippen LogP) is 4.45. The fourth-order valence-electron chi connectivity index (χ4n) is 2.58. The summed E-state index contributed by atoms with van der Waals surface area (Å²) >= 11 is 6.21. The second-order valence-corrected chi connectivity index (χ2v) is 6.08. The molecular formula is C19H24Cl2N2O. The molecule has 2 unspecified atom stereocenters. The molecule has 0 heterocycles. The molecule has 0 saturated heterocycles. The molecule has 0 spiro atoms. The van der Waals surface area contributed by atoms with Crippen LogP contribution in [0.5, 0.6) is 0 Å². The van der Waals surface area contributed by atoms with Crippen LogP contribution in [0, 0.1) is 5.92 Å². The normalized spacial score (nSPS) is 12.8. The van der Waals surface area contributed by atoms with Crippen molar-refractivity contribution in [3.05, 3.63) is 70.7 Å². The average Bonchev–Trinajstić information content (AvgIpc) is 2.60. The van der Waals surface area contributed by atoms with E-state index in [-0.39, 0.29) is 30.3 Å². The fraction of sp³-hybridized carbons (Fsp3) is 0.316. The van der Waals surface area contributed by atoms with Gasteiger partial charge in [0.15, 0.2) is 0 Å². The first-order valence-corrected chi connectivity index (χ1v) is 8.25. The van der Waals surface area contributed by atoms with Gasteiger partial charge in [0, 0.05) is 24.2 Å². The second kappa shape index (κ2) is 9.67. The van der Waals surface area contributed by atoms with Crippen LogP contribution in [0.3, 0.4) is 0 Å².